The number of aliphatic carboxylic acids is 2. The van der Waals surface area contributed by atoms with E-state index in [1.54, 1.807) is 0 Å². The number of rotatable bonds is 4. The molecular weight excluding hydrogens is 383 g/mol. The molecule has 21 heavy (non-hydrogen) atoms. The second-order valence-electron chi connectivity index (χ2n) is 3.70. The van der Waals surface area contributed by atoms with Crippen LogP contribution in [0.5, 0.6) is 0 Å². The van der Waals surface area contributed by atoms with E-state index in [-0.39, 0.29) is 21.2 Å². The Morgan fingerprint density at radius 3 is 1.33 bits per heavy atom. The van der Waals surface area contributed by atoms with Crippen LogP contribution in [0.2, 0.25) is 0 Å². The van der Waals surface area contributed by atoms with Crippen molar-refractivity contribution in [1.82, 2.24) is 0 Å². The van der Waals surface area contributed by atoms with Gasteiger partial charge in [0.15, 0.2) is 0 Å². The molecule has 0 fully saturated rings. The van der Waals surface area contributed by atoms with E-state index in [4.69, 9.17) is 10.2 Å². The average Bonchev–Trinajstić information content (AvgIpc) is 2.48. The number of carboxylic acid groups (broad SMARTS) is 2. The molecule has 0 aliphatic carbocycles. The molecule has 110 valence electrons. The summed E-state index contributed by atoms with van der Waals surface area (Å²) in [6.07, 6.45) is 1.12. The van der Waals surface area contributed by atoms with Gasteiger partial charge in [-0.25, -0.2) is 9.59 Å². The Morgan fingerprint density at radius 2 is 1.05 bits per heavy atom. The third-order valence-corrected chi connectivity index (χ3v) is 4.74. The molecule has 5 heteroatoms. The predicted octanol–water partition coefficient (Wildman–Crippen LogP) is -0.473. The molecule has 0 aliphatic rings. The normalized spacial score (nSPS) is 9.90. The van der Waals surface area contributed by atoms with E-state index in [2.05, 4.69) is 60.7 Å². The summed E-state index contributed by atoms with van der Waals surface area (Å²) < 4.78 is 2.96. The van der Waals surface area contributed by atoms with E-state index in [9.17, 15) is 9.59 Å². The molecule has 0 heterocycles. The second kappa shape index (κ2) is 9.71. The van der Waals surface area contributed by atoms with Gasteiger partial charge >= 0.3 is 101 Å². The molecule has 2 N–H and O–H groups in total. The summed E-state index contributed by atoms with van der Waals surface area (Å²) in [5.74, 6) is -2.51. The van der Waals surface area contributed by atoms with Crippen molar-refractivity contribution >= 4 is 11.9 Å². The Balaban J connectivity index is 0.000000240. The number of benzene rings is 2. The molecule has 0 saturated heterocycles. The van der Waals surface area contributed by atoms with E-state index in [0.29, 0.717) is 12.2 Å². The van der Waals surface area contributed by atoms with Crippen molar-refractivity contribution in [3.05, 3.63) is 80.0 Å². The molecule has 0 amide bonds. The first kappa shape index (κ1) is 16.9. The van der Waals surface area contributed by atoms with Crippen molar-refractivity contribution in [1.29, 1.82) is 0 Å². The van der Waals surface area contributed by atoms with Crippen LogP contribution in [0.15, 0.2) is 72.8 Å². The zero-order valence-corrected chi connectivity index (χ0v) is 13.2. The quantitative estimate of drug-likeness (QED) is 0.541. The summed E-state index contributed by atoms with van der Waals surface area (Å²) in [6, 6.07) is 21.4. The third kappa shape index (κ3) is 8.59. The van der Waals surface area contributed by atoms with Crippen LogP contribution in [-0.4, -0.2) is 22.2 Å². The maximum absolute atomic E-state index is 9.55. The first-order chi connectivity index (χ1) is 10.1. The van der Waals surface area contributed by atoms with Crippen LogP contribution < -0.4 is 21.2 Å². The van der Waals surface area contributed by atoms with E-state index in [1.807, 2.05) is 0 Å². The van der Waals surface area contributed by atoms with Gasteiger partial charge in [-0.05, 0) is 0 Å². The van der Waals surface area contributed by atoms with E-state index in [0.717, 1.165) is 0 Å². The second-order valence-corrected chi connectivity index (χ2v) is 6.73. The Labute approximate surface area is 133 Å². The number of carboxylic acids is 2. The van der Waals surface area contributed by atoms with Gasteiger partial charge in [-0.2, -0.15) is 0 Å². The molecule has 0 saturated carbocycles. The Hall–Kier alpha value is -2.15. The van der Waals surface area contributed by atoms with Gasteiger partial charge in [0.2, 0.25) is 0 Å². The number of carbonyl (C=O) groups is 2. The van der Waals surface area contributed by atoms with Crippen LogP contribution in [0.3, 0.4) is 0 Å². The SMILES string of the molecule is O=C(O)C=CC(=O)O.c1ccc([I-]c2ccccc2)cc1. The molecule has 0 atom stereocenters. The van der Waals surface area contributed by atoms with Crippen molar-refractivity contribution in [2.75, 3.05) is 0 Å². The fraction of sp³-hybridized carbons (Fsp3) is 0. The molecule has 2 aromatic rings. The standard InChI is InChI=1S/C12H10I.C4H4O4/c1-3-7-11(8-4-1)13-12-9-5-2-6-10-12;5-3(6)1-2-4(7)8/h1-10H;1-2H,(H,5,6)(H,7,8)/q-1;. The molecule has 0 aromatic heterocycles. The topological polar surface area (TPSA) is 74.6 Å². The molecule has 4 nitrogen and oxygen atoms in total. The summed E-state index contributed by atoms with van der Waals surface area (Å²) in [4.78, 5) is 19.1. The van der Waals surface area contributed by atoms with E-state index < -0.39 is 11.9 Å². The molecule has 2 aromatic carbocycles. The Bertz CT molecular complexity index is 541. The van der Waals surface area contributed by atoms with Crippen molar-refractivity contribution in [3.8, 4) is 0 Å². The average molecular weight is 397 g/mol. The van der Waals surface area contributed by atoms with Crippen molar-refractivity contribution < 1.29 is 41.0 Å². The number of halogens is 1. The Morgan fingerprint density at radius 1 is 0.714 bits per heavy atom. The van der Waals surface area contributed by atoms with Crippen molar-refractivity contribution in [2.24, 2.45) is 0 Å². The first-order valence-electron chi connectivity index (χ1n) is 5.97. The summed E-state index contributed by atoms with van der Waals surface area (Å²) in [7, 11) is 0. The monoisotopic (exact) mass is 397 g/mol. The van der Waals surface area contributed by atoms with E-state index in [1.165, 1.54) is 7.14 Å². The zero-order chi connectivity index (χ0) is 15.5. The van der Waals surface area contributed by atoms with Gasteiger partial charge in [0, 0.05) is 12.2 Å². The fourth-order valence-electron chi connectivity index (χ4n) is 1.22. The predicted molar refractivity (Wildman–Crippen MR) is 74.7 cm³/mol. The number of hydrogen-bond donors (Lipinski definition) is 2. The Kier molecular flexibility index (Phi) is 7.81. The minimum absolute atomic E-state index is 0.0287. The summed E-state index contributed by atoms with van der Waals surface area (Å²) in [5.41, 5.74) is 0. The first-order valence-corrected chi connectivity index (χ1v) is 8.12. The van der Waals surface area contributed by atoms with Gasteiger partial charge in [-0.15, -0.1) is 0 Å². The van der Waals surface area contributed by atoms with Crippen molar-refractivity contribution in [2.45, 2.75) is 0 Å². The maximum atomic E-state index is 9.55. The summed E-state index contributed by atoms with van der Waals surface area (Å²) in [5, 5.41) is 15.6. The molecular formula is C16H14IO4-. The van der Waals surface area contributed by atoms with Gasteiger partial charge in [-0.3, -0.25) is 0 Å². The molecule has 0 bridgehead atoms. The van der Waals surface area contributed by atoms with Crippen LogP contribution in [0.1, 0.15) is 0 Å². The molecule has 0 aliphatic heterocycles. The summed E-state index contributed by atoms with van der Waals surface area (Å²) >= 11 is 0.0287. The van der Waals surface area contributed by atoms with Gasteiger partial charge in [0.25, 0.3) is 0 Å². The van der Waals surface area contributed by atoms with Crippen LogP contribution in [0.4, 0.5) is 0 Å². The fourth-order valence-corrected chi connectivity index (χ4v) is 3.49. The van der Waals surface area contributed by atoms with Gasteiger partial charge in [-0.1, -0.05) is 0 Å². The molecule has 0 unspecified atom stereocenters. The van der Waals surface area contributed by atoms with Crippen LogP contribution in [-0.2, 0) is 9.59 Å². The molecule has 0 radical (unpaired) electrons. The zero-order valence-electron chi connectivity index (χ0n) is 11.0. The third-order valence-electron chi connectivity index (χ3n) is 2.05. The van der Waals surface area contributed by atoms with Crippen LogP contribution in [0.25, 0.3) is 0 Å². The number of hydrogen-bond acceptors (Lipinski definition) is 2. The van der Waals surface area contributed by atoms with Crippen LogP contribution in [0, 0.1) is 7.14 Å². The van der Waals surface area contributed by atoms with Gasteiger partial charge < -0.3 is 10.2 Å². The molecule has 2 rings (SSSR count). The van der Waals surface area contributed by atoms with Crippen LogP contribution >= 0.6 is 0 Å². The van der Waals surface area contributed by atoms with Gasteiger partial charge in [0.1, 0.15) is 0 Å². The molecule has 0 spiro atoms. The van der Waals surface area contributed by atoms with Crippen molar-refractivity contribution in [3.63, 3.8) is 0 Å². The van der Waals surface area contributed by atoms with Gasteiger partial charge in [0.05, 0.1) is 0 Å². The minimum atomic E-state index is -1.26. The van der Waals surface area contributed by atoms with E-state index >= 15 is 0 Å². The summed E-state index contributed by atoms with van der Waals surface area (Å²) in [6.45, 7) is 0.